The zero-order valence-electron chi connectivity index (χ0n) is 17.5. The molecule has 5 nitrogen and oxygen atoms in total. The van der Waals surface area contributed by atoms with E-state index in [-0.39, 0.29) is 23.9 Å². The Morgan fingerprint density at radius 2 is 1.48 bits per heavy atom. The lowest BCUT2D eigenvalue weighted by Gasteiger charge is -2.26. The van der Waals surface area contributed by atoms with E-state index in [1.807, 2.05) is 84.2 Å². The van der Waals surface area contributed by atoms with Gasteiger partial charge in [-0.3, -0.25) is 9.59 Å². The second kappa shape index (κ2) is 8.92. The maximum atomic E-state index is 13.0. The van der Waals surface area contributed by atoms with E-state index in [4.69, 9.17) is 11.6 Å². The largest absolute Gasteiger partial charge is 0.353 e. The Morgan fingerprint density at radius 3 is 2.06 bits per heavy atom. The summed E-state index contributed by atoms with van der Waals surface area (Å²) in [4.78, 5) is 27.9. The average molecular weight is 434 g/mol. The molecular weight excluding hydrogens is 410 g/mol. The molecule has 0 aliphatic rings. The van der Waals surface area contributed by atoms with Crippen molar-refractivity contribution in [3.05, 3.63) is 93.6 Å². The van der Waals surface area contributed by atoms with E-state index >= 15 is 0 Å². The highest BCUT2D eigenvalue weighted by Crippen LogP contribution is 2.25. The van der Waals surface area contributed by atoms with Crippen molar-refractivity contribution in [2.75, 3.05) is 20.6 Å². The van der Waals surface area contributed by atoms with E-state index < -0.39 is 0 Å². The smallest absolute Gasteiger partial charge is 0.240 e. The van der Waals surface area contributed by atoms with E-state index in [1.165, 1.54) is 0 Å². The number of carbonyl (C=O) groups excluding carboxylic acids is 1. The van der Waals surface area contributed by atoms with Gasteiger partial charge >= 0.3 is 0 Å². The maximum Gasteiger partial charge on any atom is 0.240 e. The van der Waals surface area contributed by atoms with Crippen LogP contribution in [0.25, 0.3) is 21.8 Å². The first-order chi connectivity index (χ1) is 15.0. The van der Waals surface area contributed by atoms with Gasteiger partial charge < -0.3 is 14.8 Å². The molecule has 1 heterocycles. The predicted octanol–water partition coefficient (Wildman–Crippen LogP) is 4.23. The fraction of sp³-hybridized carbons (Fsp3) is 0.200. The summed E-state index contributed by atoms with van der Waals surface area (Å²) in [5, 5.41) is 4.93. The molecule has 0 fully saturated rings. The van der Waals surface area contributed by atoms with Crippen LogP contribution in [0.1, 0.15) is 11.6 Å². The van der Waals surface area contributed by atoms with Gasteiger partial charge in [-0.2, -0.15) is 0 Å². The maximum absolute atomic E-state index is 13.0. The van der Waals surface area contributed by atoms with Crippen molar-refractivity contribution in [3.63, 3.8) is 0 Å². The van der Waals surface area contributed by atoms with E-state index in [2.05, 4.69) is 5.32 Å². The van der Waals surface area contributed by atoms with Crippen LogP contribution in [0.3, 0.4) is 0 Å². The molecule has 0 bridgehead atoms. The lowest BCUT2D eigenvalue weighted by Crippen LogP contribution is -2.36. The van der Waals surface area contributed by atoms with Gasteiger partial charge in [-0.25, -0.2) is 0 Å². The predicted molar refractivity (Wildman–Crippen MR) is 127 cm³/mol. The highest BCUT2D eigenvalue weighted by atomic mass is 35.5. The highest BCUT2D eigenvalue weighted by molar-refractivity contribution is 6.31. The minimum Gasteiger partial charge on any atom is -0.353 e. The van der Waals surface area contributed by atoms with E-state index in [0.717, 1.165) is 16.6 Å². The van der Waals surface area contributed by atoms with Gasteiger partial charge in [-0.15, -0.1) is 0 Å². The molecule has 3 aromatic carbocycles. The van der Waals surface area contributed by atoms with Gasteiger partial charge in [0, 0.05) is 22.3 Å². The van der Waals surface area contributed by atoms with Crippen LogP contribution in [0.4, 0.5) is 0 Å². The van der Waals surface area contributed by atoms with Crippen molar-refractivity contribution >= 4 is 39.3 Å². The minimum atomic E-state index is -0.127. The molecule has 1 atom stereocenters. The number of fused-ring (bicyclic) bond motifs is 2. The Bertz CT molecular complexity index is 1250. The summed E-state index contributed by atoms with van der Waals surface area (Å²) in [7, 11) is 3.92. The van der Waals surface area contributed by atoms with Crippen LogP contribution < -0.4 is 10.7 Å². The van der Waals surface area contributed by atoms with Gasteiger partial charge in [0.15, 0.2) is 5.43 Å². The summed E-state index contributed by atoms with van der Waals surface area (Å²) < 4.78 is 1.90. The van der Waals surface area contributed by atoms with Crippen LogP contribution in [-0.2, 0) is 11.3 Å². The first-order valence-electron chi connectivity index (χ1n) is 10.1. The Balaban J connectivity index is 1.63. The monoisotopic (exact) mass is 433 g/mol. The zero-order chi connectivity index (χ0) is 22.0. The number of hydrogen-bond acceptors (Lipinski definition) is 3. The number of likely N-dealkylation sites (N-methyl/N-ethyl adjacent to an activating group) is 1. The van der Waals surface area contributed by atoms with Crippen molar-refractivity contribution in [2.24, 2.45) is 0 Å². The summed E-state index contributed by atoms with van der Waals surface area (Å²) in [6.07, 6.45) is 0. The summed E-state index contributed by atoms with van der Waals surface area (Å²) >= 11 is 6.38. The van der Waals surface area contributed by atoms with Crippen LogP contribution >= 0.6 is 11.6 Å². The lowest BCUT2D eigenvalue weighted by molar-refractivity contribution is -0.121. The average Bonchev–Trinajstić information content (AvgIpc) is 2.78. The summed E-state index contributed by atoms with van der Waals surface area (Å²) in [5.74, 6) is -0.127. The molecule has 0 radical (unpaired) electrons. The number of halogens is 1. The number of carbonyl (C=O) groups is 1. The molecule has 1 aromatic heterocycles. The van der Waals surface area contributed by atoms with Crippen LogP contribution in [0, 0.1) is 0 Å². The Morgan fingerprint density at radius 1 is 0.935 bits per heavy atom. The van der Waals surface area contributed by atoms with Crippen molar-refractivity contribution in [1.82, 2.24) is 14.8 Å². The van der Waals surface area contributed by atoms with Gasteiger partial charge in [0.2, 0.25) is 5.91 Å². The SMILES string of the molecule is CN(C)[C@H](CNC(=O)Cn1c2ccccc2c(=O)c2ccccc21)c1ccccc1Cl. The molecule has 0 unspecified atom stereocenters. The molecule has 0 saturated carbocycles. The van der Waals surface area contributed by atoms with Crippen molar-refractivity contribution in [1.29, 1.82) is 0 Å². The number of hydrogen-bond donors (Lipinski definition) is 1. The number of amides is 1. The van der Waals surface area contributed by atoms with Crippen molar-refractivity contribution < 1.29 is 4.79 Å². The molecular formula is C25H24ClN3O2. The third kappa shape index (κ3) is 4.20. The van der Waals surface area contributed by atoms with Crippen LogP contribution in [0.2, 0.25) is 5.02 Å². The molecule has 0 aliphatic carbocycles. The number of para-hydroxylation sites is 2. The molecule has 4 aromatic rings. The molecule has 4 rings (SSSR count). The van der Waals surface area contributed by atoms with Crippen molar-refractivity contribution in [3.8, 4) is 0 Å². The number of rotatable bonds is 6. The Kier molecular flexibility index (Phi) is 6.07. The minimum absolute atomic E-state index is 0.0192. The number of nitrogens with zero attached hydrogens (tertiary/aromatic N) is 2. The molecule has 1 amide bonds. The number of benzene rings is 3. The molecule has 31 heavy (non-hydrogen) atoms. The molecule has 0 saturated heterocycles. The van der Waals surface area contributed by atoms with E-state index in [1.54, 1.807) is 12.1 Å². The second-order valence-corrected chi connectivity index (χ2v) is 8.16. The van der Waals surface area contributed by atoms with E-state index in [9.17, 15) is 9.59 Å². The van der Waals surface area contributed by atoms with Gasteiger partial charge in [0.25, 0.3) is 0 Å². The summed E-state index contributed by atoms with van der Waals surface area (Å²) in [6, 6.07) is 22.4. The molecule has 0 spiro atoms. The molecule has 1 N–H and O–H groups in total. The standard InChI is InChI=1S/C25H24ClN3O2/c1-28(2)23(17-9-3-6-12-20(17)26)15-27-24(30)16-29-21-13-7-4-10-18(21)25(31)19-11-5-8-14-22(19)29/h3-14,23H,15-16H2,1-2H3,(H,27,30)/t23-/m1/s1. The normalized spacial score (nSPS) is 12.4. The molecule has 6 heteroatoms. The second-order valence-electron chi connectivity index (χ2n) is 7.75. The lowest BCUT2D eigenvalue weighted by atomic mass is 10.1. The Labute approximate surface area is 185 Å². The Hall–Kier alpha value is -3.15. The van der Waals surface area contributed by atoms with Gasteiger partial charge in [0.1, 0.15) is 6.54 Å². The summed E-state index contributed by atoms with van der Waals surface area (Å²) in [5.41, 5.74) is 2.44. The third-order valence-electron chi connectivity index (χ3n) is 5.56. The zero-order valence-corrected chi connectivity index (χ0v) is 18.3. The quantitative estimate of drug-likeness (QED) is 0.463. The van der Waals surface area contributed by atoms with Gasteiger partial charge in [-0.05, 0) is 50.0 Å². The first kappa shape index (κ1) is 21.1. The van der Waals surface area contributed by atoms with Gasteiger partial charge in [0.05, 0.1) is 17.1 Å². The molecule has 158 valence electrons. The third-order valence-corrected chi connectivity index (χ3v) is 5.91. The first-order valence-corrected chi connectivity index (χ1v) is 10.5. The van der Waals surface area contributed by atoms with Crippen molar-refractivity contribution in [2.45, 2.75) is 12.6 Å². The molecule has 0 aliphatic heterocycles. The fourth-order valence-electron chi connectivity index (χ4n) is 3.97. The van der Waals surface area contributed by atoms with E-state index in [0.29, 0.717) is 22.3 Å². The highest BCUT2D eigenvalue weighted by Gasteiger charge is 2.19. The number of pyridine rings is 1. The number of nitrogens with one attached hydrogen (secondary N) is 1. The fourth-order valence-corrected chi connectivity index (χ4v) is 4.23. The summed E-state index contributed by atoms with van der Waals surface area (Å²) in [6.45, 7) is 0.537. The van der Waals surface area contributed by atoms with Crippen LogP contribution in [0.5, 0.6) is 0 Å². The van der Waals surface area contributed by atoms with Crippen LogP contribution in [0.15, 0.2) is 77.6 Å². The van der Waals surface area contributed by atoms with Gasteiger partial charge in [-0.1, -0.05) is 54.1 Å². The topological polar surface area (TPSA) is 54.3 Å². The number of aromatic nitrogens is 1. The van der Waals surface area contributed by atoms with Crippen LogP contribution in [-0.4, -0.2) is 36.0 Å².